The minimum Gasteiger partial charge on any atom is -0.306 e. The molecule has 0 saturated heterocycles. The minimum absolute atomic E-state index is 0.533. The molecule has 0 atom stereocenters. The molecular formula is C24H24N3S+. The van der Waals surface area contributed by atoms with Gasteiger partial charge in [-0.15, -0.1) is 11.3 Å². The van der Waals surface area contributed by atoms with Crippen LogP contribution in [-0.4, -0.2) is 4.98 Å². The number of hydrogen-bond donors (Lipinski definition) is 0. The highest BCUT2D eigenvalue weighted by atomic mass is 32.1. The summed E-state index contributed by atoms with van der Waals surface area (Å²) in [5, 5.41) is 1.14. The van der Waals surface area contributed by atoms with E-state index in [9.17, 15) is 0 Å². The van der Waals surface area contributed by atoms with E-state index in [2.05, 4.69) is 67.6 Å². The Kier molecular flexibility index (Phi) is 4.24. The quantitative estimate of drug-likeness (QED) is 0.305. The molecule has 0 amide bonds. The van der Waals surface area contributed by atoms with Gasteiger partial charge in [-0.2, -0.15) is 0 Å². The molecule has 0 aliphatic carbocycles. The standard InChI is InChI=1S/C24H24N3S/c1-14-10-15(2)16(3)18(11-14)22-23-21(26-13-27(22)7)19-12-17(24(4,5)25-6)8-9-20(19)28-23/h8-13H,1-5,7H3/q+1. The number of fused-ring (bicyclic) bond motifs is 3. The first-order valence-corrected chi connectivity index (χ1v) is 10.2. The molecule has 4 aromatic rings. The van der Waals surface area contributed by atoms with Crippen LogP contribution in [0.25, 0.3) is 36.4 Å². The van der Waals surface area contributed by atoms with Gasteiger partial charge in [0, 0.05) is 35.1 Å². The molecule has 4 heteroatoms. The Morgan fingerprint density at radius 2 is 1.86 bits per heavy atom. The topological polar surface area (TPSA) is 21.1 Å². The summed E-state index contributed by atoms with van der Waals surface area (Å²) in [5.41, 5.74) is 7.88. The lowest BCUT2D eigenvalue weighted by Crippen LogP contribution is -2.31. The van der Waals surface area contributed by atoms with Gasteiger partial charge >= 0.3 is 0 Å². The zero-order valence-corrected chi connectivity index (χ0v) is 18.0. The molecular weight excluding hydrogens is 362 g/mol. The molecule has 0 radical (unpaired) electrons. The highest BCUT2D eigenvalue weighted by molar-refractivity contribution is 7.26. The molecule has 4 rings (SSSR count). The van der Waals surface area contributed by atoms with Gasteiger partial charge in [-0.05, 0) is 61.1 Å². The van der Waals surface area contributed by atoms with E-state index in [1.54, 1.807) is 11.3 Å². The van der Waals surface area contributed by atoms with Crippen LogP contribution in [0.2, 0.25) is 0 Å². The van der Waals surface area contributed by atoms with Crippen molar-refractivity contribution in [1.82, 2.24) is 4.98 Å². The summed E-state index contributed by atoms with van der Waals surface area (Å²) in [7, 11) is 2.07. The third-order valence-electron chi connectivity index (χ3n) is 5.64. The predicted octanol–water partition coefficient (Wildman–Crippen LogP) is 6.02. The van der Waals surface area contributed by atoms with Gasteiger partial charge in [-0.1, -0.05) is 11.6 Å². The van der Waals surface area contributed by atoms with Crippen molar-refractivity contribution in [3.8, 4) is 11.3 Å². The van der Waals surface area contributed by atoms with Crippen molar-refractivity contribution >= 4 is 31.6 Å². The summed E-state index contributed by atoms with van der Waals surface area (Å²) < 4.78 is 4.54. The third-order valence-corrected chi connectivity index (χ3v) is 6.81. The third kappa shape index (κ3) is 2.78. The first-order chi connectivity index (χ1) is 13.2. The summed E-state index contributed by atoms with van der Waals surface area (Å²) in [6.07, 6.45) is 1.91. The molecule has 0 aliphatic rings. The van der Waals surface area contributed by atoms with E-state index in [0.717, 1.165) is 16.5 Å². The van der Waals surface area contributed by atoms with Gasteiger partial charge in [0.15, 0.2) is 5.69 Å². The van der Waals surface area contributed by atoms with Crippen LogP contribution in [0.3, 0.4) is 0 Å². The first kappa shape index (κ1) is 18.6. The molecule has 0 unspecified atom stereocenters. The van der Waals surface area contributed by atoms with Crippen LogP contribution in [0.5, 0.6) is 0 Å². The van der Waals surface area contributed by atoms with Crippen molar-refractivity contribution in [2.45, 2.75) is 40.2 Å². The van der Waals surface area contributed by atoms with Gasteiger partial charge < -0.3 is 4.85 Å². The lowest BCUT2D eigenvalue weighted by Gasteiger charge is -2.11. The number of rotatable bonds is 2. The molecule has 0 saturated carbocycles. The Morgan fingerprint density at radius 1 is 1.11 bits per heavy atom. The van der Waals surface area contributed by atoms with Gasteiger partial charge in [0.2, 0.25) is 5.52 Å². The fourth-order valence-electron chi connectivity index (χ4n) is 3.78. The summed E-state index contributed by atoms with van der Waals surface area (Å²) in [6, 6.07) is 10.9. The molecule has 3 nitrogen and oxygen atoms in total. The fourth-order valence-corrected chi connectivity index (χ4v) is 5.01. The molecule has 2 heterocycles. The van der Waals surface area contributed by atoms with Crippen molar-refractivity contribution in [1.29, 1.82) is 0 Å². The summed E-state index contributed by atoms with van der Waals surface area (Å²) >= 11 is 1.78. The summed E-state index contributed by atoms with van der Waals surface area (Å²) in [6.45, 7) is 18.0. The van der Waals surface area contributed by atoms with Crippen LogP contribution in [0, 0.1) is 27.3 Å². The van der Waals surface area contributed by atoms with Crippen LogP contribution in [0.4, 0.5) is 0 Å². The molecule has 0 bridgehead atoms. The maximum atomic E-state index is 7.52. The highest BCUT2D eigenvalue weighted by Gasteiger charge is 2.28. The average molecular weight is 387 g/mol. The largest absolute Gasteiger partial charge is 0.306 e. The van der Waals surface area contributed by atoms with E-state index in [1.165, 1.54) is 37.3 Å². The van der Waals surface area contributed by atoms with Gasteiger partial charge in [0.05, 0.1) is 7.05 Å². The van der Waals surface area contributed by atoms with E-state index in [0.29, 0.717) is 0 Å². The smallest absolute Gasteiger partial charge is 0.287 e. The molecule has 0 fully saturated rings. The summed E-state index contributed by atoms with van der Waals surface area (Å²) in [4.78, 5) is 8.58. The number of aromatic nitrogens is 2. The fraction of sp³-hybridized carbons (Fsp3) is 0.292. The van der Waals surface area contributed by atoms with E-state index in [1.807, 2.05) is 20.2 Å². The average Bonchev–Trinajstić information content (AvgIpc) is 3.02. The molecule has 0 aliphatic heterocycles. The second-order valence-electron chi connectivity index (χ2n) is 8.12. The Labute approximate surface area is 170 Å². The molecule has 2 aromatic heterocycles. The van der Waals surface area contributed by atoms with Gasteiger partial charge in [-0.3, -0.25) is 0 Å². The SMILES string of the molecule is [C-]#[N+]C(C)(C)c1ccc2sc3c(-c4cc(C)cc(C)c4C)[n+](C)cnc3c2c1. The van der Waals surface area contributed by atoms with Crippen LogP contribution in [-0.2, 0) is 12.6 Å². The second kappa shape index (κ2) is 6.39. The minimum atomic E-state index is -0.533. The number of hydrogen-bond acceptors (Lipinski definition) is 2. The molecule has 2 aromatic carbocycles. The lowest BCUT2D eigenvalue weighted by molar-refractivity contribution is -0.662. The van der Waals surface area contributed by atoms with Crippen molar-refractivity contribution < 1.29 is 4.57 Å². The van der Waals surface area contributed by atoms with Crippen LogP contribution < -0.4 is 4.57 Å². The van der Waals surface area contributed by atoms with E-state index in [-0.39, 0.29) is 0 Å². The van der Waals surface area contributed by atoms with E-state index >= 15 is 0 Å². The van der Waals surface area contributed by atoms with Crippen molar-refractivity contribution in [2.24, 2.45) is 7.05 Å². The molecule has 28 heavy (non-hydrogen) atoms. The lowest BCUT2D eigenvalue weighted by atomic mass is 9.94. The zero-order chi connectivity index (χ0) is 20.2. The van der Waals surface area contributed by atoms with Gasteiger partial charge in [0.1, 0.15) is 4.70 Å². The maximum Gasteiger partial charge on any atom is 0.287 e. The highest BCUT2D eigenvalue weighted by Crippen LogP contribution is 2.40. The predicted molar refractivity (Wildman–Crippen MR) is 118 cm³/mol. The Hall–Kier alpha value is -2.77. The number of aryl methyl sites for hydroxylation is 3. The van der Waals surface area contributed by atoms with Crippen LogP contribution in [0.1, 0.15) is 36.1 Å². The van der Waals surface area contributed by atoms with Gasteiger partial charge in [0.25, 0.3) is 11.9 Å². The normalized spacial score (nSPS) is 11.9. The van der Waals surface area contributed by atoms with Crippen LogP contribution >= 0.6 is 11.3 Å². The zero-order valence-electron chi connectivity index (χ0n) is 17.2. The van der Waals surface area contributed by atoms with Crippen LogP contribution in [0.15, 0.2) is 36.7 Å². The first-order valence-electron chi connectivity index (χ1n) is 9.41. The van der Waals surface area contributed by atoms with Gasteiger partial charge in [-0.25, -0.2) is 11.1 Å². The van der Waals surface area contributed by atoms with E-state index < -0.39 is 5.54 Å². The molecule has 0 N–H and O–H groups in total. The Balaban J connectivity index is 2.08. The van der Waals surface area contributed by atoms with Crippen molar-refractivity contribution in [3.05, 3.63) is 70.3 Å². The second-order valence-corrected chi connectivity index (χ2v) is 9.17. The number of thiophene rings is 1. The van der Waals surface area contributed by atoms with E-state index in [4.69, 9.17) is 11.6 Å². The Bertz CT molecular complexity index is 1290. The Morgan fingerprint density at radius 3 is 2.57 bits per heavy atom. The number of nitrogens with zero attached hydrogens (tertiary/aromatic N) is 3. The van der Waals surface area contributed by atoms with Crippen molar-refractivity contribution in [3.63, 3.8) is 0 Å². The van der Waals surface area contributed by atoms with Crippen molar-refractivity contribution in [2.75, 3.05) is 0 Å². The maximum absolute atomic E-state index is 7.52. The molecule has 140 valence electrons. The monoisotopic (exact) mass is 386 g/mol. The molecule has 0 spiro atoms. The summed E-state index contributed by atoms with van der Waals surface area (Å²) in [5.74, 6) is 0. The number of benzene rings is 2.